The molecule has 1 amide bonds. The summed E-state index contributed by atoms with van der Waals surface area (Å²) in [6.07, 6.45) is 0. The van der Waals surface area contributed by atoms with E-state index < -0.39 is 17.8 Å². The minimum absolute atomic E-state index is 0.0394. The second-order valence-electron chi connectivity index (χ2n) is 7.14. The van der Waals surface area contributed by atoms with Gasteiger partial charge in [-0.1, -0.05) is 31.3 Å². The second-order valence-corrected chi connectivity index (χ2v) is 8.15. The van der Waals surface area contributed by atoms with Crippen LogP contribution in [0.3, 0.4) is 0 Å². The van der Waals surface area contributed by atoms with Crippen LogP contribution in [0.1, 0.15) is 53.0 Å². The highest BCUT2D eigenvalue weighted by Crippen LogP contribution is 2.24. The third kappa shape index (κ3) is 5.08. The van der Waals surface area contributed by atoms with E-state index in [9.17, 15) is 14.4 Å². The molecule has 0 radical (unpaired) electrons. The van der Waals surface area contributed by atoms with Crippen LogP contribution in [0.15, 0.2) is 47.5 Å². The molecule has 7 nitrogen and oxygen atoms in total. The first-order valence-electron chi connectivity index (χ1n) is 9.90. The predicted molar refractivity (Wildman–Crippen MR) is 118 cm³/mol. The molecule has 0 aliphatic carbocycles. The summed E-state index contributed by atoms with van der Waals surface area (Å²) in [6.45, 7) is 6.19. The van der Waals surface area contributed by atoms with Crippen molar-refractivity contribution in [3.8, 4) is 0 Å². The molecular weight excluding hydrogens is 416 g/mol. The maximum absolute atomic E-state index is 12.8. The van der Waals surface area contributed by atoms with E-state index in [0.717, 1.165) is 15.8 Å². The van der Waals surface area contributed by atoms with E-state index in [1.807, 2.05) is 12.1 Å². The highest BCUT2D eigenvalue weighted by Gasteiger charge is 2.14. The Labute approximate surface area is 183 Å². The number of aromatic nitrogens is 1. The largest absolute Gasteiger partial charge is 0.465 e. The molecule has 31 heavy (non-hydrogen) atoms. The van der Waals surface area contributed by atoms with Crippen LogP contribution in [-0.2, 0) is 20.8 Å². The highest BCUT2D eigenvalue weighted by molar-refractivity contribution is 7.16. The van der Waals surface area contributed by atoms with Gasteiger partial charge in [-0.2, -0.15) is 4.99 Å². The van der Waals surface area contributed by atoms with Gasteiger partial charge in [0.15, 0.2) is 4.80 Å². The molecule has 0 atom stereocenters. The van der Waals surface area contributed by atoms with Gasteiger partial charge in [0.1, 0.15) is 6.54 Å². The number of hydrogen-bond acceptors (Lipinski definition) is 6. The second kappa shape index (κ2) is 9.70. The number of methoxy groups -OCH3 is 1. The molecule has 8 heteroatoms. The van der Waals surface area contributed by atoms with E-state index >= 15 is 0 Å². The van der Waals surface area contributed by atoms with Crippen molar-refractivity contribution in [3.05, 3.63) is 64.0 Å². The molecule has 0 aliphatic heterocycles. The smallest absolute Gasteiger partial charge is 0.337 e. The topological polar surface area (TPSA) is 87.0 Å². The molecule has 0 saturated heterocycles. The average Bonchev–Trinajstić information content (AvgIpc) is 3.09. The van der Waals surface area contributed by atoms with Gasteiger partial charge in [-0.3, -0.25) is 9.59 Å². The molecule has 2 aromatic carbocycles. The summed E-state index contributed by atoms with van der Waals surface area (Å²) < 4.78 is 12.4. The molecule has 0 unspecified atom stereocenters. The lowest BCUT2D eigenvalue weighted by atomic mass is 10.0. The monoisotopic (exact) mass is 440 g/mol. The van der Waals surface area contributed by atoms with Crippen molar-refractivity contribution in [3.63, 3.8) is 0 Å². The van der Waals surface area contributed by atoms with Gasteiger partial charge in [-0.25, -0.2) is 4.79 Å². The van der Waals surface area contributed by atoms with Crippen molar-refractivity contribution in [1.82, 2.24) is 4.57 Å². The van der Waals surface area contributed by atoms with Gasteiger partial charge < -0.3 is 14.0 Å². The van der Waals surface area contributed by atoms with Gasteiger partial charge in [0.2, 0.25) is 0 Å². The maximum atomic E-state index is 12.8. The van der Waals surface area contributed by atoms with E-state index in [1.54, 1.807) is 11.5 Å². The first kappa shape index (κ1) is 22.4. The summed E-state index contributed by atoms with van der Waals surface area (Å²) in [5, 5.41) is 0. The zero-order valence-electron chi connectivity index (χ0n) is 17.9. The third-order valence-corrected chi connectivity index (χ3v) is 5.76. The number of thiazole rings is 1. The Morgan fingerprint density at radius 3 is 2.35 bits per heavy atom. The summed E-state index contributed by atoms with van der Waals surface area (Å²) in [6, 6.07) is 12.1. The summed E-state index contributed by atoms with van der Waals surface area (Å²) in [4.78, 5) is 41.2. The highest BCUT2D eigenvalue weighted by atomic mass is 32.1. The molecule has 1 aromatic heterocycles. The van der Waals surface area contributed by atoms with Gasteiger partial charge >= 0.3 is 11.9 Å². The molecule has 162 valence electrons. The molecule has 0 spiro atoms. The van der Waals surface area contributed by atoms with Crippen molar-refractivity contribution < 1.29 is 23.9 Å². The number of esters is 2. The zero-order valence-corrected chi connectivity index (χ0v) is 18.7. The van der Waals surface area contributed by atoms with Crippen molar-refractivity contribution in [2.45, 2.75) is 33.2 Å². The number of hydrogen-bond donors (Lipinski definition) is 0. The zero-order chi connectivity index (χ0) is 22.5. The van der Waals surface area contributed by atoms with Gasteiger partial charge in [0, 0.05) is 5.56 Å². The Hall–Kier alpha value is -3.26. The molecule has 0 N–H and O–H groups in total. The lowest BCUT2D eigenvalue weighted by molar-refractivity contribution is -0.143. The van der Waals surface area contributed by atoms with Crippen molar-refractivity contribution >= 4 is 39.4 Å². The van der Waals surface area contributed by atoms with Gasteiger partial charge in [-0.05, 0) is 54.8 Å². The fourth-order valence-corrected chi connectivity index (χ4v) is 4.12. The Bertz CT molecular complexity index is 1190. The normalized spacial score (nSPS) is 11.7. The first-order valence-corrected chi connectivity index (χ1v) is 10.7. The van der Waals surface area contributed by atoms with Gasteiger partial charge in [-0.15, -0.1) is 0 Å². The number of nitrogens with zero attached hydrogens (tertiary/aromatic N) is 2. The van der Waals surface area contributed by atoms with Crippen LogP contribution in [0.25, 0.3) is 10.2 Å². The number of amides is 1. The number of carbonyl (C=O) groups is 3. The quantitative estimate of drug-likeness (QED) is 0.542. The number of benzene rings is 2. The fraction of sp³-hybridized carbons (Fsp3) is 0.304. The molecule has 3 rings (SSSR count). The molecule has 0 bridgehead atoms. The summed E-state index contributed by atoms with van der Waals surface area (Å²) in [5.41, 5.74) is 2.65. The Kier molecular flexibility index (Phi) is 7.02. The van der Waals surface area contributed by atoms with E-state index in [1.165, 1.54) is 42.7 Å². The van der Waals surface area contributed by atoms with Crippen LogP contribution in [0.5, 0.6) is 0 Å². The maximum Gasteiger partial charge on any atom is 0.337 e. The van der Waals surface area contributed by atoms with E-state index in [4.69, 9.17) is 4.74 Å². The summed E-state index contributed by atoms with van der Waals surface area (Å²) in [5.74, 6) is -0.995. The molecule has 3 aromatic rings. The van der Waals surface area contributed by atoms with Crippen LogP contribution in [0.2, 0.25) is 0 Å². The molecule has 0 saturated carbocycles. The minimum Gasteiger partial charge on any atom is -0.465 e. The van der Waals surface area contributed by atoms with Crippen LogP contribution < -0.4 is 4.80 Å². The SMILES string of the molecule is CCOC(=O)Cn1c(=NC(=O)c2ccc(C(=O)OC)cc2)sc2cc(C(C)C)ccc21. The van der Waals surface area contributed by atoms with E-state index in [2.05, 4.69) is 29.6 Å². The summed E-state index contributed by atoms with van der Waals surface area (Å²) >= 11 is 1.34. The Morgan fingerprint density at radius 1 is 1.06 bits per heavy atom. The van der Waals surface area contributed by atoms with Crippen molar-refractivity contribution in [1.29, 1.82) is 0 Å². The Balaban J connectivity index is 2.05. The number of fused-ring (bicyclic) bond motifs is 1. The minimum atomic E-state index is -0.478. The molecule has 1 heterocycles. The van der Waals surface area contributed by atoms with Crippen molar-refractivity contribution in [2.75, 3.05) is 13.7 Å². The fourth-order valence-electron chi connectivity index (χ4n) is 3.04. The average molecular weight is 441 g/mol. The molecule has 0 aliphatic rings. The Morgan fingerprint density at radius 2 is 1.74 bits per heavy atom. The lowest BCUT2D eigenvalue weighted by Crippen LogP contribution is -2.23. The number of rotatable bonds is 6. The first-order chi connectivity index (χ1) is 14.8. The number of ether oxygens (including phenoxy) is 2. The van der Waals surface area contributed by atoms with Crippen LogP contribution in [-0.4, -0.2) is 36.1 Å². The van der Waals surface area contributed by atoms with Crippen LogP contribution >= 0.6 is 11.3 Å². The number of carbonyl (C=O) groups excluding carboxylic acids is 3. The van der Waals surface area contributed by atoms with Crippen LogP contribution in [0, 0.1) is 0 Å². The van der Waals surface area contributed by atoms with Gasteiger partial charge in [0.25, 0.3) is 5.91 Å². The molecule has 0 fully saturated rings. The standard InChI is InChI=1S/C23H24N2O5S/c1-5-30-20(26)13-25-18-11-10-17(14(2)3)12-19(18)31-23(25)24-21(27)15-6-8-16(9-7-15)22(28)29-4/h6-12,14H,5,13H2,1-4H3. The molecular formula is C23H24N2O5S. The van der Waals surface area contributed by atoms with Crippen LogP contribution in [0.4, 0.5) is 0 Å². The third-order valence-electron chi connectivity index (χ3n) is 4.72. The lowest BCUT2D eigenvalue weighted by Gasteiger charge is -2.07. The summed E-state index contributed by atoms with van der Waals surface area (Å²) in [7, 11) is 1.30. The van der Waals surface area contributed by atoms with Crippen molar-refractivity contribution in [2.24, 2.45) is 4.99 Å². The van der Waals surface area contributed by atoms with E-state index in [0.29, 0.717) is 21.8 Å². The van der Waals surface area contributed by atoms with E-state index in [-0.39, 0.29) is 13.2 Å². The predicted octanol–water partition coefficient (Wildman–Crippen LogP) is 3.92. The van der Waals surface area contributed by atoms with Gasteiger partial charge in [0.05, 0.1) is 29.5 Å².